The number of methoxy groups -OCH3 is 1. The van der Waals surface area contributed by atoms with E-state index in [1.165, 1.54) is 0 Å². The van der Waals surface area contributed by atoms with Crippen LogP contribution in [0.15, 0.2) is 24.3 Å². The van der Waals surface area contributed by atoms with Crippen LogP contribution in [0.3, 0.4) is 0 Å². The average molecular weight is 371 g/mol. The third kappa shape index (κ3) is 3.48. The maximum atomic E-state index is 12.9. The van der Waals surface area contributed by atoms with E-state index in [1.807, 2.05) is 17.0 Å². The molecule has 1 aliphatic heterocycles. The number of benzene rings is 1. The summed E-state index contributed by atoms with van der Waals surface area (Å²) in [5.74, 6) is 1.73. The Labute approximate surface area is 160 Å². The summed E-state index contributed by atoms with van der Waals surface area (Å²) in [4.78, 5) is 19.8. The van der Waals surface area contributed by atoms with Gasteiger partial charge >= 0.3 is 0 Å². The van der Waals surface area contributed by atoms with Crippen LogP contribution >= 0.6 is 0 Å². The number of hydrogen-bond acceptors (Lipinski definition) is 4. The van der Waals surface area contributed by atoms with Crippen LogP contribution in [0.25, 0.3) is 11.0 Å². The number of nitrogens with zero attached hydrogens (tertiary/aromatic N) is 3. The number of piperidine rings is 1. The Morgan fingerprint density at radius 1 is 1.19 bits per heavy atom. The van der Waals surface area contributed by atoms with E-state index in [4.69, 9.17) is 9.72 Å². The fourth-order valence-corrected chi connectivity index (χ4v) is 4.74. The summed E-state index contributed by atoms with van der Waals surface area (Å²) < 4.78 is 7.55. The Morgan fingerprint density at radius 2 is 1.93 bits per heavy atom. The first-order chi connectivity index (χ1) is 13.1. The van der Waals surface area contributed by atoms with E-state index in [0.29, 0.717) is 18.8 Å². The number of fused-ring (bicyclic) bond motifs is 1. The number of carbonyl (C=O) groups is 1. The van der Waals surface area contributed by atoms with Crippen molar-refractivity contribution in [3.63, 3.8) is 0 Å². The summed E-state index contributed by atoms with van der Waals surface area (Å²) in [7, 11) is 3.70. The summed E-state index contributed by atoms with van der Waals surface area (Å²) in [6.45, 7) is 1.56. The van der Waals surface area contributed by atoms with Gasteiger partial charge in [0, 0.05) is 39.1 Å². The number of aliphatic hydroxyl groups excluding tert-OH is 1. The van der Waals surface area contributed by atoms with Gasteiger partial charge in [0.05, 0.1) is 23.2 Å². The van der Waals surface area contributed by atoms with Gasteiger partial charge in [0.2, 0.25) is 5.91 Å². The number of likely N-dealkylation sites (tertiary alicyclic amines) is 1. The minimum Gasteiger partial charge on any atom is -0.390 e. The van der Waals surface area contributed by atoms with Gasteiger partial charge in [0.1, 0.15) is 5.82 Å². The first-order valence-corrected chi connectivity index (χ1v) is 9.99. The van der Waals surface area contributed by atoms with Gasteiger partial charge in [-0.3, -0.25) is 4.79 Å². The molecule has 146 valence electrons. The molecule has 2 fully saturated rings. The maximum absolute atomic E-state index is 12.9. The predicted molar refractivity (Wildman–Crippen MR) is 103 cm³/mol. The molecule has 1 saturated carbocycles. The number of rotatable bonds is 3. The number of aryl methyl sites for hydroxylation is 1. The molecule has 1 aromatic carbocycles. The molecule has 2 aromatic rings. The molecule has 1 aromatic heterocycles. The molecule has 0 unspecified atom stereocenters. The largest absolute Gasteiger partial charge is 0.390 e. The monoisotopic (exact) mass is 371 g/mol. The van der Waals surface area contributed by atoms with Gasteiger partial charge in [-0.1, -0.05) is 12.1 Å². The lowest BCUT2D eigenvalue weighted by Crippen LogP contribution is -2.45. The first kappa shape index (κ1) is 18.4. The summed E-state index contributed by atoms with van der Waals surface area (Å²) in [5, 5.41) is 9.97. The van der Waals surface area contributed by atoms with Crippen molar-refractivity contribution in [2.45, 2.75) is 50.2 Å². The summed E-state index contributed by atoms with van der Waals surface area (Å²) in [5.41, 5.74) is 2.21. The Kier molecular flexibility index (Phi) is 5.19. The second kappa shape index (κ2) is 7.60. The number of imidazole rings is 1. The summed E-state index contributed by atoms with van der Waals surface area (Å²) >= 11 is 0. The lowest BCUT2D eigenvalue weighted by molar-refractivity contribution is -0.142. The molecule has 1 saturated heterocycles. The predicted octanol–water partition coefficient (Wildman–Crippen LogP) is 2.46. The van der Waals surface area contributed by atoms with Gasteiger partial charge < -0.3 is 19.3 Å². The summed E-state index contributed by atoms with van der Waals surface area (Å²) in [6, 6.07) is 8.23. The molecule has 27 heavy (non-hydrogen) atoms. The van der Waals surface area contributed by atoms with Crippen LogP contribution in [0.2, 0.25) is 0 Å². The molecule has 3 atom stereocenters. The van der Waals surface area contributed by atoms with E-state index in [1.54, 1.807) is 7.11 Å². The zero-order chi connectivity index (χ0) is 19.0. The van der Waals surface area contributed by atoms with Crippen molar-refractivity contribution in [2.75, 3.05) is 20.2 Å². The molecule has 1 N–H and O–H groups in total. The van der Waals surface area contributed by atoms with Crippen LogP contribution in [0.4, 0.5) is 0 Å². The molecule has 4 rings (SSSR count). The number of carbonyl (C=O) groups excluding carboxylic acids is 1. The zero-order valence-corrected chi connectivity index (χ0v) is 16.2. The normalized spacial score (nSPS) is 27.2. The van der Waals surface area contributed by atoms with Gasteiger partial charge in [0.25, 0.3) is 0 Å². The number of ether oxygens (including phenoxy) is 1. The van der Waals surface area contributed by atoms with E-state index < -0.39 is 6.10 Å². The standard InChI is InChI=1S/C21H29N3O3/c1-23-17-6-4-3-5-16(17)22-20(23)14-9-11-24(12-10-14)21(26)15-7-8-18(25)19(13-15)27-2/h3-6,14-15,18-19,25H,7-13H2,1-2H3/t15-,18+,19-/m1/s1. The Morgan fingerprint density at radius 3 is 2.63 bits per heavy atom. The molecule has 2 heterocycles. The van der Waals surface area contributed by atoms with Gasteiger partial charge in [-0.2, -0.15) is 0 Å². The molecular weight excluding hydrogens is 342 g/mol. The SMILES string of the molecule is CO[C@@H]1C[C@H](C(=O)N2CCC(c3nc4ccccc4n3C)CC2)CC[C@@H]1O. The molecule has 1 aliphatic carbocycles. The van der Waals surface area contributed by atoms with E-state index in [2.05, 4.69) is 23.7 Å². The van der Waals surface area contributed by atoms with Crippen LogP contribution < -0.4 is 0 Å². The molecule has 6 nitrogen and oxygen atoms in total. The number of aliphatic hydroxyl groups is 1. The third-order valence-corrected chi connectivity index (χ3v) is 6.40. The van der Waals surface area contributed by atoms with Crippen molar-refractivity contribution in [1.29, 1.82) is 0 Å². The quantitative estimate of drug-likeness (QED) is 0.900. The molecule has 1 amide bonds. The van der Waals surface area contributed by atoms with Crippen LogP contribution in [0, 0.1) is 5.92 Å². The van der Waals surface area contributed by atoms with Crippen molar-refractivity contribution < 1.29 is 14.6 Å². The molecule has 0 radical (unpaired) electrons. The second-order valence-corrected chi connectivity index (χ2v) is 7.97. The molecule has 0 spiro atoms. The van der Waals surface area contributed by atoms with Crippen molar-refractivity contribution in [3.8, 4) is 0 Å². The molecular formula is C21H29N3O3. The highest BCUT2D eigenvalue weighted by Gasteiger charge is 2.36. The van der Waals surface area contributed by atoms with Crippen LogP contribution in [0.5, 0.6) is 0 Å². The van der Waals surface area contributed by atoms with Crippen molar-refractivity contribution in [2.24, 2.45) is 13.0 Å². The van der Waals surface area contributed by atoms with E-state index >= 15 is 0 Å². The maximum Gasteiger partial charge on any atom is 0.225 e. The number of para-hydroxylation sites is 2. The molecule has 2 aliphatic rings. The molecule has 0 bridgehead atoms. The fraction of sp³-hybridized carbons (Fsp3) is 0.619. The lowest BCUT2D eigenvalue weighted by atomic mass is 9.83. The van der Waals surface area contributed by atoms with Crippen molar-refractivity contribution in [1.82, 2.24) is 14.5 Å². The number of amides is 1. The van der Waals surface area contributed by atoms with Crippen molar-refractivity contribution >= 4 is 16.9 Å². The number of aromatic nitrogens is 2. The van der Waals surface area contributed by atoms with Crippen LogP contribution in [-0.4, -0.2) is 57.9 Å². The highest BCUT2D eigenvalue weighted by atomic mass is 16.5. The average Bonchev–Trinajstić information content (AvgIpc) is 3.05. The highest BCUT2D eigenvalue weighted by molar-refractivity contribution is 5.79. The zero-order valence-electron chi connectivity index (χ0n) is 16.2. The highest BCUT2D eigenvalue weighted by Crippen LogP contribution is 2.32. The second-order valence-electron chi connectivity index (χ2n) is 7.97. The first-order valence-electron chi connectivity index (χ1n) is 9.99. The smallest absolute Gasteiger partial charge is 0.225 e. The van der Waals surface area contributed by atoms with E-state index in [0.717, 1.165) is 49.2 Å². The van der Waals surface area contributed by atoms with E-state index in [9.17, 15) is 9.90 Å². The van der Waals surface area contributed by atoms with Crippen LogP contribution in [0.1, 0.15) is 43.8 Å². The van der Waals surface area contributed by atoms with Gasteiger partial charge in [0.15, 0.2) is 0 Å². The lowest BCUT2D eigenvalue weighted by Gasteiger charge is -2.37. The van der Waals surface area contributed by atoms with Crippen molar-refractivity contribution in [3.05, 3.63) is 30.1 Å². The third-order valence-electron chi connectivity index (χ3n) is 6.40. The van der Waals surface area contributed by atoms with E-state index in [-0.39, 0.29) is 17.9 Å². The minimum absolute atomic E-state index is 0.0225. The topological polar surface area (TPSA) is 67.6 Å². The Balaban J connectivity index is 1.40. The van der Waals surface area contributed by atoms with Gasteiger partial charge in [-0.15, -0.1) is 0 Å². The van der Waals surface area contributed by atoms with Gasteiger partial charge in [-0.25, -0.2) is 4.98 Å². The minimum atomic E-state index is -0.442. The Hall–Kier alpha value is -1.92. The van der Waals surface area contributed by atoms with Crippen LogP contribution in [-0.2, 0) is 16.6 Å². The Bertz CT molecular complexity index is 810. The summed E-state index contributed by atoms with van der Waals surface area (Å²) in [6.07, 6.45) is 3.27. The fourth-order valence-electron chi connectivity index (χ4n) is 4.74. The molecule has 6 heteroatoms. The number of hydrogen-bond donors (Lipinski definition) is 1. The van der Waals surface area contributed by atoms with Gasteiger partial charge in [-0.05, 0) is 44.2 Å².